The van der Waals surface area contributed by atoms with Gasteiger partial charge in [0.1, 0.15) is 0 Å². The van der Waals surface area contributed by atoms with E-state index in [1.54, 1.807) is 17.4 Å². The van der Waals surface area contributed by atoms with Crippen LogP contribution in [0, 0.1) is 0 Å². The first kappa shape index (κ1) is 19.7. The minimum atomic E-state index is -2.37. The maximum atomic E-state index is 12.9. The first-order valence-electron chi connectivity index (χ1n) is 9.99. The summed E-state index contributed by atoms with van der Waals surface area (Å²) in [5.74, 6) is 4.58. The van der Waals surface area contributed by atoms with Crippen molar-refractivity contribution in [3.8, 4) is 5.88 Å². The quantitative estimate of drug-likeness (QED) is 0.749. The molecule has 8 heteroatoms. The number of aromatic nitrogens is 1. The normalized spacial score (nSPS) is 32.9. The van der Waals surface area contributed by atoms with Crippen molar-refractivity contribution in [3.05, 3.63) is 23.9 Å². The summed E-state index contributed by atoms with van der Waals surface area (Å²) in [6, 6.07) is 3.73. The van der Waals surface area contributed by atoms with Gasteiger partial charge in [0.25, 0.3) is 5.91 Å². The smallest absolute Gasteiger partial charge is 0.260 e. The predicted octanol–water partition coefficient (Wildman–Crippen LogP) is 1.34. The fourth-order valence-electron chi connectivity index (χ4n) is 4.65. The Kier molecular flexibility index (Phi) is 5.62. The van der Waals surface area contributed by atoms with Gasteiger partial charge in [-0.15, -0.1) is 0 Å². The van der Waals surface area contributed by atoms with E-state index in [4.69, 9.17) is 9.47 Å². The molecule has 2 fully saturated rings. The molecule has 1 saturated carbocycles. The second kappa shape index (κ2) is 8.00. The van der Waals surface area contributed by atoms with Crippen LogP contribution in [0.4, 0.5) is 0 Å². The number of carbonyl (C=O) groups excluding carboxylic acids is 1. The van der Waals surface area contributed by atoms with Crippen molar-refractivity contribution in [3.63, 3.8) is 0 Å². The maximum Gasteiger partial charge on any atom is 0.260 e. The molecular weight excluding hydrogens is 378 g/mol. The molecule has 0 radical (unpaired) electrons. The number of fused-ring (bicyclic) bond motifs is 5. The number of carbonyl (C=O) groups is 1. The predicted molar refractivity (Wildman–Crippen MR) is 109 cm³/mol. The van der Waals surface area contributed by atoms with Gasteiger partial charge in [0.2, 0.25) is 5.88 Å². The average molecular weight is 408 g/mol. The highest BCUT2D eigenvalue weighted by Gasteiger charge is 2.39. The largest absolute Gasteiger partial charge is 0.467 e. The number of hydrogen-bond acceptors (Lipinski definition) is 5. The Morgan fingerprint density at radius 1 is 1.29 bits per heavy atom. The Labute approximate surface area is 166 Å². The van der Waals surface area contributed by atoms with Crippen molar-refractivity contribution in [1.29, 1.82) is 0 Å². The highest BCUT2D eigenvalue weighted by Crippen LogP contribution is 2.38. The average Bonchev–Trinajstić information content (AvgIpc) is 3.05. The minimum Gasteiger partial charge on any atom is -0.467 e. The lowest BCUT2D eigenvalue weighted by atomic mass is 9.83. The van der Waals surface area contributed by atoms with Gasteiger partial charge in [-0.3, -0.25) is 9.00 Å². The standard InChI is InChI=1S/C20H29N3O4S/c1-28(2,25)22-17-9-11-23-18(17)12-26-15-7-5-14(6-8-15)16-4-3-10-21-20(16)27-13-19(23)24/h3-4,10,14-15,17-18H,1,5-9,11-13H2,2H3,(H,22,25)/t14?,15?,17-,18?,28?/m0/s1. The molecule has 4 heterocycles. The van der Waals surface area contributed by atoms with Crippen LogP contribution < -0.4 is 9.46 Å². The topological polar surface area (TPSA) is 80.8 Å². The van der Waals surface area contributed by atoms with Gasteiger partial charge >= 0.3 is 0 Å². The molecule has 1 N–H and O–H groups in total. The summed E-state index contributed by atoms with van der Waals surface area (Å²) in [7, 11) is -2.37. The van der Waals surface area contributed by atoms with Gasteiger partial charge in [0, 0.05) is 40.3 Å². The molecule has 154 valence electrons. The summed E-state index contributed by atoms with van der Waals surface area (Å²) in [5.41, 5.74) is 1.09. The molecule has 2 unspecified atom stereocenters. The lowest BCUT2D eigenvalue weighted by Gasteiger charge is -2.32. The molecule has 0 aromatic carbocycles. The Morgan fingerprint density at radius 2 is 2.07 bits per heavy atom. The van der Waals surface area contributed by atoms with E-state index in [0.29, 0.717) is 24.9 Å². The van der Waals surface area contributed by atoms with Crippen LogP contribution in [0.5, 0.6) is 5.88 Å². The van der Waals surface area contributed by atoms with Crippen LogP contribution in [0.25, 0.3) is 0 Å². The number of hydrogen-bond donors (Lipinski definition) is 1. The fraction of sp³-hybridized carbons (Fsp3) is 0.650. The zero-order valence-electron chi connectivity index (χ0n) is 16.3. The molecule has 0 spiro atoms. The SMILES string of the molecule is C=S(C)(=O)N[C@H]1CCN2C(=O)COc3ncccc3C3CCC(CC3)OCC12. The van der Waals surface area contributed by atoms with Crippen LogP contribution in [0.1, 0.15) is 43.6 Å². The van der Waals surface area contributed by atoms with E-state index in [1.165, 1.54) is 0 Å². The fourth-order valence-corrected chi connectivity index (χ4v) is 5.57. The molecule has 1 amide bonds. The highest BCUT2D eigenvalue weighted by atomic mass is 32.2. The monoisotopic (exact) mass is 407 g/mol. The molecule has 1 aromatic rings. The van der Waals surface area contributed by atoms with Crippen molar-refractivity contribution in [2.75, 3.05) is 26.0 Å². The zero-order chi connectivity index (χ0) is 19.7. The molecular formula is C20H29N3O4S. The van der Waals surface area contributed by atoms with Crippen LogP contribution in [0.15, 0.2) is 18.3 Å². The maximum absolute atomic E-state index is 12.9. The van der Waals surface area contributed by atoms with E-state index in [-0.39, 0.29) is 30.7 Å². The molecule has 1 aliphatic carbocycles. The van der Waals surface area contributed by atoms with Crippen molar-refractivity contribution in [2.24, 2.45) is 0 Å². The first-order chi connectivity index (χ1) is 13.4. The van der Waals surface area contributed by atoms with E-state index >= 15 is 0 Å². The van der Waals surface area contributed by atoms with Crippen LogP contribution in [-0.4, -0.2) is 70.1 Å². The molecule has 2 bridgehead atoms. The van der Waals surface area contributed by atoms with Gasteiger partial charge in [0.15, 0.2) is 6.61 Å². The molecule has 1 aromatic heterocycles. The van der Waals surface area contributed by atoms with Gasteiger partial charge in [0.05, 0.1) is 18.8 Å². The number of rotatable bonds is 2. The molecule has 3 atom stereocenters. The lowest BCUT2D eigenvalue weighted by Crippen LogP contribution is -2.50. The number of ether oxygens (including phenoxy) is 2. The van der Waals surface area contributed by atoms with E-state index in [9.17, 15) is 9.00 Å². The van der Waals surface area contributed by atoms with Crippen molar-refractivity contribution in [1.82, 2.24) is 14.6 Å². The Bertz CT molecular complexity index is 820. The Hall–Kier alpha value is -1.64. The summed E-state index contributed by atoms with van der Waals surface area (Å²) in [6.07, 6.45) is 8.24. The van der Waals surface area contributed by atoms with Crippen molar-refractivity contribution < 1.29 is 18.5 Å². The number of nitrogens with zero attached hydrogens (tertiary/aromatic N) is 2. The molecule has 1 saturated heterocycles. The number of nitrogens with one attached hydrogen (secondary N) is 1. The second-order valence-corrected chi connectivity index (χ2v) is 10.4. The Balaban J connectivity index is 1.59. The lowest BCUT2D eigenvalue weighted by molar-refractivity contribution is -0.136. The van der Waals surface area contributed by atoms with Crippen LogP contribution in [0.3, 0.4) is 0 Å². The zero-order valence-corrected chi connectivity index (χ0v) is 17.2. The van der Waals surface area contributed by atoms with Crippen LogP contribution in [-0.2, 0) is 19.2 Å². The van der Waals surface area contributed by atoms with E-state index in [2.05, 4.69) is 21.6 Å². The second-order valence-electron chi connectivity index (χ2n) is 8.17. The van der Waals surface area contributed by atoms with Crippen molar-refractivity contribution >= 4 is 21.5 Å². The van der Waals surface area contributed by atoms with Crippen molar-refractivity contribution in [2.45, 2.75) is 56.2 Å². The molecule has 5 rings (SSSR count). The third-order valence-electron chi connectivity index (χ3n) is 6.02. The summed E-state index contributed by atoms with van der Waals surface area (Å²) in [4.78, 5) is 19.1. The minimum absolute atomic E-state index is 0.0464. The first-order valence-corrected chi connectivity index (χ1v) is 12.1. The number of amides is 1. The van der Waals surface area contributed by atoms with Gasteiger partial charge < -0.3 is 14.4 Å². The van der Waals surface area contributed by atoms with E-state index in [1.807, 2.05) is 6.07 Å². The molecule has 7 nitrogen and oxygen atoms in total. The van der Waals surface area contributed by atoms with Gasteiger partial charge in [-0.2, -0.15) is 0 Å². The van der Waals surface area contributed by atoms with Gasteiger partial charge in [-0.25, -0.2) is 9.71 Å². The number of pyridine rings is 1. The van der Waals surface area contributed by atoms with E-state index in [0.717, 1.165) is 37.7 Å². The third kappa shape index (κ3) is 4.34. The van der Waals surface area contributed by atoms with Crippen LogP contribution >= 0.6 is 0 Å². The summed E-state index contributed by atoms with van der Waals surface area (Å²) < 4.78 is 27.4. The molecule has 3 aliphatic heterocycles. The summed E-state index contributed by atoms with van der Waals surface area (Å²) in [5, 5.41) is 0. The Morgan fingerprint density at radius 3 is 2.82 bits per heavy atom. The van der Waals surface area contributed by atoms with Gasteiger partial charge in [-0.05, 0) is 50.0 Å². The van der Waals surface area contributed by atoms with Gasteiger partial charge in [-0.1, -0.05) is 6.07 Å². The summed E-state index contributed by atoms with van der Waals surface area (Å²) in [6.45, 7) is 0.987. The van der Waals surface area contributed by atoms with E-state index < -0.39 is 9.71 Å². The molecule has 4 aliphatic rings. The highest BCUT2D eigenvalue weighted by molar-refractivity contribution is 7.97. The molecule has 28 heavy (non-hydrogen) atoms. The third-order valence-corrected chi connectivity index (χ3v) is 6.82. The summed E-state index contributed by atoms with van der Waals surface area (Å²) >= 11 is 0. The van der Waals surface area contributed by atoms with Crippen LogP contribution in [0.2, 0.25) is 0 Å².